The number of ketones is 1. The highest BCUT2D eigenvalue weighted by molar-refractivity contribution is 6.05. The lowest BCUT2D eigenvalue weighted by Crippen LogP contribution is -2.52. The predicted octanol–water partition coefficient (Wildman–Crippen LogP) is 2.64. The van der Waals surface area contributed by atoms with Crippen molar-refractivity contribution in [2.45, 2.75) is 31.9 Å². The molecule has 2 aromatic rings. The van der Waals surface area contributed by atoms with Gasteiger partial charge in [-0.3, -0.25) is 19.3 Å². The third kappa shape index (κ3) is 5.17. The molecule has 0 saturated carbocycles. The lowest BCUT2D eigenvalue weighted by molar-refractivity contribution is -0.127. The number of hydrogen-bond acceptors (Lipinski definition) is 6. The van der Waals surface area contributed by atoms with E-state index in [-0.39, 0.29) is 35.6 Å². The minimum atomic E-state index is -0.925. The summed E-state index contributed by atoms with van der Waals surface area (Å²) in [6, 6.07) is 6.36. The fraction of sp³-hybridized carbons (Fsp3) is 0.375. The summed E-state index contributed by atoms with van der Waals surface area (Å²) in [5.41, 5.74) is 0.450. The summed E-state index contributed by atoms with van der Waals surface area (Å²) < 4.78 is 43.0. The second-order valence-electron chi connectivity index (χ2n) is 8.08. The Bertz CT molecular complexity index is 1100. The molecule has 10 heteroatoms. The van der Waals surface area contributed by atoms with Gasteiger partial charge in [0.1, 0.15) is 17.6 Å². The summed E-state index contributed by atoms with van der Waals surface area (Å²) in [5, 5.41) is 2.81. The molecule has 180 valence electrons. The molecule has 2 atom stereocenters. The number of benzene rings is 2. The molecule has 2 amide bonds. The number of Topliss-reactive ketones (excluding diaryl/α,β-unsaturated/α-hetero) is 1. The number of fused-ring (bicyclic) bond motifs is 1. The molecule has 2 aromatic carbocycles. The molecule has 0 bridgehead atoms. The van der Waals surface area contributed by atoms with Crippen LogP contribution in [0.25, 0.3) is 0 Å². The smallest absolute Gasteiger partial charge is 0.265 e. The highest BCUT2D eigenvalue weighted by Crippen LogP contribution is 2.34. The van der Waals surface area contributed by atoms with Gasteiger partial charge in [-0.25, -0.2) is 8.78 Å². The van der Waals surface area contributed by atoms with Gasteiger partial charge in [0.15, 0.2) is 30.6 Å². The molecule has 8 nitrogen and oxygen atoms in total. The van der Waals surface area contributed by atoms with Gasteiger partial charge >= 0.3 is 0 Å². The molecular weight excluding hydrogens is 450 g/mol. The van der Waals surface area contributed by atoms with Crippen LogP contribution >= 0.6 is 0 Å². The normalized spacial score (nSPS) is 18.1. The number of amides is 2. The van der Waals surface area contributed by atoms with Crippen LogP contribution in [-0.4, -0.2) is 56.1 Å². The summed E-state index contributed by atoms with van der Waals surface area (Å²) in [7, 11) is 0. The molecule has 0 spiro atoms. The topological polar surface area (TPSA) is 94.2 Å². The van der Waals surface area contributed by atoms with Crippen LogP contribution in [0.1, 0.15) is 30.1 Å². The average molecular weight is 474 g/mol. The van der Waals surface area contributed by atoms with Crippen LogP contribution in [0, 0.1) is 11.6 Å². The highest BCUT2D eigenvalue weighted by Gasteiger charge is 2.34. The van der Waals surface area contributed by atoms with Crippen molar-refractivity contribution < 1.29 is 37.4 Å². The molecule has 1 N–H and O–H groups in total. The van der Waals surface area contributed by atoms with Crippen molar-refractivity contribution in [2.24, 2.45) is 0 Å². The zero-order valence-corrected chi connectivity index (χ0v) is 18.5. The van der Waals surface area contributed by atoms with Crippen molar-refractivity contribution >= 4 is 23.3 Å². The second kappa shape index (κ2) is 10.2. The maximum absolute atomic E-state index is 13.8. The van der Waals surface area contributed by atoms with Gasteiger partial charge in [-0.15, -0.1) is 0 Å². The molecular formula is C24H24F2N2O6. The molecule has 0 radical (unpaired) electrons. The van der Waals surface area contributed by atoms with E-state index in [9.17, 15) is 23.2 Å². The van der Waals surface area contributed by atoms with Crippen LogP contribution in [-0.2, 0) is 14.3 Å². The average Bonchev–Trinajstić information content (AvgIpc) is 3.34. The molecule has 34 heavy (non-hydrogen) atoms. The van der Waals surface area contributed by atoms with Gasteiger partial charge in [-0.1, -0.05) is 0 Å². The van der Waals surface area contributed by atoms with E-state index in [2.05, 4.69) is 5.32 Å². The SMILES string of the molecule is C[C@@H](C(=O)NC[C@@H]1CCCO1)N1C(=O)COc2ccc(C(=O)COc3ccc(F)cc3F)cc21. The van der Waals surface area contributed by atoms with E-state index in [0.717, 1.165) is 25.0 Å². The van der Waals surface area contributed by atoms with E-state index in [1.54, 1.807) is 6.92 Å². The minimum absolute atomic E-state index is 0.0426. The zero-order chi connectivity index (χ0) is 24.2. The van der Waals surface area contributed by atoms with Crippen molar-refractivity contribution in [3.8, 4) is 11.5 Å². The first-order valence-corrected chi connectivity index (χ1v) is 10.9. The Morgan fingerprint density at radius 3 is 2.79 bits per heavy atom. The van der Waals surface area contributed by atoms with Gasteiger partial charge in [0, 0.05) is 24.8 Å². The molecule has 0 aliphatic carbocycles. The molecule has 0 unspecified atom stereocenters. The fourth-order valence-electron chi connectivity index (χ4n) is 3.87. The predicted molar refractivity (Wildman–Crippen MR) is 117 cm³/mol. The molecule has 1 fully saturated rings. The van der Waals surface area contributed by atoms with Crippen molar-refractivity contribution in [3.63, 3.8) is 0 Å². The minimum Gasteiger partial charge on any atom is -0.482 e. The number of carbonyl (C=O) groups excluding carboxylic acids is 3. The third-order valence-electron chi connectivity index (χ3n) is 5.71. The van der Waals surface area contributed by atoms with E-state index < -0.39 is 36.0 Å². The van der Waals surface area contributed by atoms with E-state index in [4.69, 9.17) is 14.2 Å². The Hall–Kier alpha value is -3.53. The molecule has 1 saturated heterocycles. The van der Waals surface area contributed by atoms with Crippen LogP contribution in [0.5, 0.6) is 11.5 Å². The summed E-state index contributed by atoms with van der Waals surface area (Å²) in [6.45, 7) is 1.86. The number of hydrogen-bond donors (Lipinski definition) is 1. The first-order valence-electron chi connectivity index (χ1n) is 10.9. The van der Waals surface area contributed by atoms with E-state index in [0.29, 0.717) is 25.0 Å². The largest absolute Gasteiger partial charge is 0.482 e. The Balaban J connectivity index is 1.47. The van der Waals surface area contributed by atoms with Crippen LogP contribution in [0.4, 0.5) is 14.5 Å². The summed E-state index contributed by atoms with van der Waals surface area (Å²) in [4.78, 5) is 39.3. The second-order valence-corrected chi connectivity index (χ2v) is 8.08. The van der Waals surface area contributed by atoms with E-state index >= 15 is 0 Å². The summed E-state index contributed by atoms with van der Waals surface area (Å²) >= 11 is 0. The maximum Gasteiger partial charge on any atom is 0.265 e. The Morgan fingerprint density at radius 1 is 1.24 bits per heavy atom. The fourth-order valence-corrected chi connectivity index (χ4v) is 3.87. The maximum atomic E-state index is 13.8. The van der Waals surface area contributed by atoms with Crippen molar-refractivity contribution in [1.82, 2.24) is 5.32 Å². The monoisotopic (exact) mass is 474 g/mol. The van der Waals surface area contributed by atoms with Gasteiger partial charge in [0.2, 0.25) is 5.91 Å². The quantitative estimate of drug-likeness (QED) is 0.592. The third-order valence-corrected chi connectivity index (χ3v) is 5.71. The lowest BCUT2D eigenvalue weighted by atomic mass is 10.1. The zero-order valence-electron chi connectivity index (χ0n) is 18.5. The van der Waals surface area contributed by atoms with Gasteiger partial charge in [-0.05, 0) is 50.1 Å². The van der Waals surface area contributed by atoms with E-state index in [1.165, 1.54) is 23.1 Å². The number of anilines is 1. The van der Waals surface area contributed by atoms with Gasteiger partial charge < -0.3 is 19.5 Å². The molecule has 2 aliphatic rings. The number of nitrogens with one attached hydrogen (secondary N) is 1. The lowest BCUT2D eigenvalue weighted by Gasteiger charge is -2.33. The Kier molecular flexibility index (Phi) is 7.06. The molecule has 2 aliphatic heterocycles. The van der Waals surface area contributed by atoms with Gasteiger partial charge in [0.05, 0.1) is 11.8 Å². The summed E-state index contributed by atoms with van der Waals surface area (Å²) in [6.07, 6.45) is 1.77. The standard InChI is InChI=1S/C24H24F2N2O6/c1-14(24(31)27-11-17-3-2-8-32-17)28-19-9-15(4-6-22(19)34-13-23(28)30)20(29)12-33-21-7-5-16(25)10-18(21)26/h4-7,9-10,14,17H,2-3,8,11-13H2,1H3,(H,27,31)/t14-,17-/m0/s1. The van der Waals surface area contributed by atoms with Crippen molar-refractivity contribution in [3.05, 3.63) is 53.6 Å². The van der Waals surface area contributed by atoms with Crippen LogP contribution in [0.2, 0.25) is 0 Å². The van der Waals surface area contributed by atoms with Crippen LogP contribution in [0.15, 0.2) is 36.4 Å². The first-order chi connectivity index (χ1) is 16.3. The van der Waals surface area contributed by atoms with Gasteiger partial charge in [0.25, 0.3) is 5.91 Å². The number of ether oxygens (including phenoxy) is 3. The Labute approximate surface area is 194 Å². The van der Waals surface area contributed by atoms with Gasteiger partial charge in [-0.2, -0.15) is 0 Å². The number of halogens is 2. The number of nitrogens with zero attached hydrogens (tertiary/aromatic N) is 1. The molecule has 0 aromatic heterocycles. The van der Waals surface area contributed by atoms with E-state index in [1.807, 2.05) is 0 Å². The van der Waals surface area contributed by atoms with Crippen LogP contribution < -0.4 is 19.7 Å². The first kappa shape index (κ1) is 23.6. The summed E-state index contributed by atoms with van der Waals surface area (Å²) in [5.74, 6) is -2.88. The number of carbonyl (C=O) groups is 3. The Morgan fingerprint density at radius 2 is 2.06 bits per heavy atom. The van der Waals surface area contributed by atoms with Crippen LogP contribution in [0.3, 0.4) is 0 Å². The number of rotatable bonds is 8. The molecule has 2 heterocycles. The molecule has 4 rings (SSSR count). The van der Waals surface area contributed by atoms with Crippen molar-refractivity contribution in [1.29, 1.82) is 0 Å². The van der Waals surface area contributed by atoms with Crippen molar-refractivity contribution in [2.75, 3.05) is 31.3 Å². The highest BCUT2D eigenvalue weighted by atomic mass is 19.1.